The van der Waals surface area contributed by atoms with Crippen LogP contribution in [0.3, 0.4) is 0 Å². The Morgan fingerprint density at radius 1 is 0.923 bits per heavy atom. The molecule has 192 valence electrons. The van der Waals surface area contributed by atoms with Gasteiger partial charge in [-0.2, -0.15) is 0 Å². The predicted molar refractivity (Wildman–Crippen MR) is 150 cm³/mol. The van der Waals surface area contributed by atoms with Crippen LogP contribution in [0.2, 0.25) is 0 Å². The zero-order valence-electron chi connectivity index (χ0n) is 21.2. The number of fused-ring (bicyclic) bond motifs is 2. The molecule has 0 saturated carbocycles. The fourth-order valence-electron chi connectivity index (χ4n) is 4.97. The van der Waals surface area contributed by atoms with E-state index in [4.69, 9.17) is 4.52 Å². The summed E-state index contributed by atoms with van der Waals surface area (Å²) in [5, 5.41) is 19.4. The van der Waals surface area contributed by atoms with Gasteiger partial charge in [-0.15, -0.1) is 0 Å². The van der Waals surface area contributed by atoms with Crippen LogP contribution in [0.25, 0.3) is 32.8 Å². The average Bonchev–Trinajstić information content (AvgIpc) is 3.63. The van der Waals surface area contributed by atoms with Crippen LogP contribution in [-0.2, 0) is 6.54 Å². The number of nitrogens with one attached hydrogen (secondary N) is 1. The van der Waals surface area contributed by atoms with Gasteiger partial charge in [-0.1, -0.05) is 53.7 Å². The second kappa shape index (κ2) is 9.95. The van der Waals surface area contributed by atoms with Crippen molar-refractivity contribution in [2.45, 2.75) is 19.5 Å². The highest BCUT2D eigenvalue weighted by atomic mass is 16.5. The molecule has 0 unspecified atom stereocenters. The number of hydrogen-bond donors (Lipinski definition) is 2. The molecular formula is C32H25N3O4. The lowest BCUT2D eigenvalue weighted by atomic mass is 10.0. The van der Waals surface area contributed by atoms with Gasteiger partial charge in [0.2, 0.25) is 0 Å². The maximum Gasteiger partial charge on any atom is 0.335 e. The van der Waals surface area contributed by atoms with Gasteiger partial charge in [0.15, 0.2) is 0 Å². The van der Waals surface area contributed by atoms with Gasteiger partial charge in [-0.3, -0.25) is 4.79 Å². The molecule has 0 aliphatic rings. The SMILES string of the molecule is C[C@H](NC(=O)c1cc(-c2cnoc2)cc2ccn(Cc3ccc4ccccc4c3)c12)c1ccc(C(=O)O)cc1. The number of carboxylic acids is 1. The molecular weight excluding hydrogens is 490 g/mol. The van der Waals surface area contributed by atoms with Crippen LogP contribution in [-0.4, -0.2) is 26.7 Å². The highest BCUT2D eigenvalue weighted by molar-refractivity contribution is 6.08. The summed E-state index contributed by atoms with van der Waals surface area (Å²) in [6.07, 6.45) is 5.19. The molecule has 7 heteroatoms. The van der Waals surface area contributed by atoms with E-state index in [2.05, 4.69) is 45.4 Å². The van der Waals surface area contributed by atoms with E-state index in [1.807, 2.05) is 43.5 Å². The third kappa shape index (κ3) is 4.78. The molecule has 1 amide bonds. The van der Waals surface area contributed by atoms with Crippen LogP contribution < -0.4 is 5.32 Å². The van der Waals surface area contributed by atoms with E-state index in [1.165, 1.54) is 10.8 Å². The summed E-state index contributed by atoms with van der Waals surface area (Å²) >= 11 is 0. The molecule has 0 aliphatic heterocycles. The number of benzene rings is 4. The van der Waals surface area contributed by atoms with Gasteiger partial charge in [0.05, 0.1) is 28.9 Å². The fraction of sp³-hybridized carbons (Fsp3) is 0.0938. The van der Waals surface area contributed by atoms with Crippen molar-refractivity contribution < 1.29 is 19.2 Å². The number of carbonyl (C=O) groups is 2. The number of nitrogens with zero attached hydrogens (tertiary/aromatic N) is 2. The number of rotatable bonds is 7. The van der Waals surface area contributed by atoms with Crippen molar-refractivity contribution in [1.29, 1.82) is 0 Å². The van der Waals surface area contributed by atoms with Gasteiger partial charge < -0.3 is 19.5 Å². The van der Waals surface area contributed by atoms with Crippen molar-refractivity contribution in [3.63, 3.8) is 0 Å². The van der Waals surface area contributed by atoms with Crippen LogP contribution >= 0.6 is 0 Å². The van der Waals surface area contributed by atoms with Gasteiger partial charge in [-0.25, -0.2) is 4.79 Å². The number of aromatic nitrogens is 2. The third-order valence-corrected chi connectivity index (χ3v) is 7.04. The fourth-order valence-corrected chi connectivity index (χ4v) is 4.97. The molecule has 4 aromatic carbocycles. The molecule has 1 atom stereocenters. The minimum Gasteiger partial charge on any atom is -0.478 e. The van der Waals surface area contributed by atoms with E-state index in [0.29, 0.717) is 12.1 Å². The van der Waals surface area contributed by atoms with Gasteiger partial charge in [-0.05, 0) is 70.8 Å². The van der Waals surface area contributed by atoms with Gasteiger partial charge in [0, 0.05) is 23.7 Å². The van der Waals surface area contributed by atoms with Crippen LogP contribution in [0, 0.1) is 0 Å². The summed E-state index contributed by atoms with van der Waals surface area (Å²) in [7, 11) is 0. The van der Waals surface area contributed by atoms with E-state index in [-0.39, 0.29) is 17.5 Å². The summed E-state index contributed by atoms with van der Waals surface area (Å²) in [6.45, 7) is 2.48. The molecule has 0 fully saturated rings. The number of carbonyl (C=O) groups excluding carboxylic acids is 1. The quantitative estimate of drug-likeness (QED) is 0.247. The number of amides is 1. The van der Waals surface area contributed by atoms with Crippen LogP contribution in [0.1, 0.15) is 44.8 Å². The maximum atomic E-state index is 13.8. The molecule has 7 nitrogen and oxygen atoms in total. The second-order valence-electron chi connectivity index (χ2n) is 9.62. The predicted octanol–water partition coefficient (Wildman–Crippen LogP) is 6.69. The Balaban J connectivity index is 1.38. The largest absolute Gasteiger partial charge is 0.478 e. The van der Waals surface area contributed by atoms with E-state index in [0.717, 1.165) is 33.2 Å². The first-order chi connectivity index (χ1) is 19.0. The molecule has 0 spiro atoms. The van der Waals surface area contributed by atoms with Crippen LogP contribution in [0.15, 0.2) is 108 Å². The van der Waals surface area contributed by atoms with E-state index >= 15 is 0 Å². The summed E-state index contributed by atoms with van der Waals surface area (Å²) in [6, 6.07) is 26.8. The standard InChI is InChI=1S/C32H25N3O4/c1-20(22-8-10-24(11-9-22)32(37)38)34-31(36)29-16-27(28-17-33-39-19-28)15-26-12-13-35(30(26)29)18-21-6-7-23-4-2-3-5-25(23)14-21/h2-17,19-20H,18H2,1H3,(H,34,36)(H,37,38)/t20-/m0/s1. The first kappa shape index (κ1) is 24.2. The Morgan fingerprint density at radius 3 is 2.46 bits per heavy atom. The lowest BCUT2D eigenvalue weighted by molar-refractivity contribution is 0.0696. The monoisotopic (exact) mass is 515 g/mol. The Hall–Kier alpha value is -5.17. The minimum atomic E-state index is -0.988. The van der Waals surface area contributed by atoms with Gasteiger partial charge in [0.1, 0.15) is 6.26 Å². The maximum absolute atomic E-state index is 13.8. The lowest BCUT2D eigenvalue weighted by Crippen LogP contribution is -2.27. The normalized spacial score (nSPS) is 12.0. The van der Waals surface area contributed by atoms with Crippen molar-refractivity contribution in [1.82, 2.24) is 15.0 Å². The molecule has 6 rings (SSSR count). The molecule has 2 N–H and O–H groups in total. The van der Waals surface area contributed by atoms with E-state index < -0.39 is 5.97 Å². The molecule has 2 aromatic heterocycles. The third-order valence-electron chi connectivity index (χ3n) is 7.04. The van der Waals surface area contributed by atoms with Crippen LogP contribution in [0.4, 0.5) is 0 Å². The van der Waals surface area contributed by atoms with E-state index in [9.17, 15) is 14.7 Å². The second-order valence-corrected chi connectivity index (χ2v) is 9.62. The molecule has 0 saturated heterocycles. The number of carboxylic acid groups (broad SMARTS) is 1. The van der Waals surface area contributed by atoms with Gasteiger partial charge >= 0.3 is 5.97 Å². The van der Waals surface area contributed by atoms with Crippen LogP contribution in [0.5, 0.6) is 0 Å². The first-order valence-electron chi connectivity index (χ1n) is 12.6. The number of hydrogen-bond acceptors (Lipinski definition) is 4. The molecule has 39 heavy (non-hydrogen) atoms. The Bertz CT molecular complexity index is 1820. The molecule has 0 bridgehead atoms. The minimum absolute atomic E-state index is 0.201. The highest BCUT2D eigenvalue weighted by Crippen LogP contribution is 2.30. The van der Waals surface area contributed by atoms with Crippen molar-refractivity contribution in [2.24, 2.45) is 0 Å². The topological polar surface area (TPSA) is 97.4 Å². The zero-order chi connectivity index (χ0) is 26.9. The number of aromatic carboxylic acids is 1. The molecule has 6 aromatic rings. The average molecular weight is 516 g/mol. The Labute approximate surface area is 224 Å². The molecule has 2 heterocycles. The highest BCUT2D eigenvalue weighted by Gasteiger charge is 2.19. The summed E-state index contributed by atoms with van der Waals surface area (Å²) in [5.41, 5.74) is 5.12. The zero-order valence-corrected chi connectivity index (χ0v) is 21.2. The first-order valence-corrected chi connectivity index (χ1v) is 12.6. The van der Waals surface area contributed by atoms with Crippen molar-refractivity contribution >= 4 is 33.6 Å². The van der Waals surface area contributed by atoms with Crippen molar-refractivity contribution in [3.8, 4) is 11.1 Å². The molecule has 0 aliphatic carbocycles. The smallest absolute Gasteiger partial charge is 0.335 e. The summed E-state index contributed by atoms with van der Waals surface area (Å²) in [4.78, 5) is 25.0. The van der Waals surface area contributed by atoms with Gasteiger partial charge in [0.25, 0.3) is 5.91 Å². The Kier molecular flexibility index (Phi) is 6.17. The lowest BCUT2D eigenvalue weighted by Gasteiger charge is -2.17. The van der Waals surface area contributed by atoms with Crippen molar-refractivity contribution in [2.75, 3.05) is 0 Å². The summed E-state index contributed by atoms with van der Waals surface area (Å²) in [5.74, 6) is -1.22. The van der Waals surface area contributed by atoms with Crippen molar-refractivity contribution in [3.05, 3.63) is 126 Å². The molecule has 0 radical (unpaired) electrons. The van der Waals surface area contributed by atoms with E-state index in [1.54, 1.807) is 36.7 Å². The Morgan fingerprint density at radius 2 is 1.72 bits per heavy atom. The summed E-state index contributed by atoms with van der Waals surface area (Å²) < 4.78 is 7.15.